The van der Waals surface area contributed by atoms with Gasteiger partial charge in [-0.25, -0.2) is 0 Å². The van der Waals surface area contributed by atoms with Crippen molar-refractivity contribution in [1.82, 2.24) is 4.90 Å². The van der Waals surface area contributed by atoms with Gasteiger partial charge in [-0.1, -0.05) is 53.7 Å². The number of benzene rings is 2. The van der Waals surface area contributed by atoms with Gasteiger partial charge in [-0.05, 0) is 99.8 Å². The predicted molar refractivity (Wildman–Crippen MR) is 210 cm³/mol. The lowest BCUT2D eigenvalue weighted by molar-refractivity contribution is -1.18. The maximum Gasteiger partial charge on any atom is 0.563 e. The van der Waals surface area contributed by atoms with Crippen molar-refractivity contribution in [3.05, 3.63) is 57.6 Å². The van der Waals surface area contributed by atoms with Gasteiger partial charge < -0.3 is 19.8 Å². The highest BCUT2D eigenvalue weighted by atomic mass is 16.8. The molecule has 280 valence electrons. The number of likely N-dealkylation sites (N-methyl/N-ethyl adjacent to an activating group) is 2. The number of hydrogen-bond acceptors (Lipinski definition) is 4. The van der Waals surface area contributed by atoms with Crippen LogP contribution in [0.15, 0.2) is 24.3 Å². The SMILES string of the molecule is CCN(CC)C(=N)CCCc1cc2c(c(C(C)(C)C)c1)OC13Oc4c(cc(CCCC(C)=N)cc4C(C)(C)C)C[N+]1(C)C1CCCCC1[N+]3(C)C2. The van der Waals surface area contributed by atoms with E-state index in [0.717, 1.165) is 96.7 Å². The van der Waals surface area contributed by atoms with E-state index in [2.05, 4.69) is 98.7 Å². The van der Waals surface area contributed by atoms with Crippen molar-refractivity contribution in [2.75, 3.05) is 27.2 Å². The van der Waals surface area contributed by atoms with Gasteiger partial charge in [-0.3, -0.25) is 5.41 Å². The number of rotatable bonds is 10. The van der Waals surface area contributed by atoms with Crippen LogP contribution in [0.5, 0.6) is 11.5 Å². The third-order valence-electron chi connectivity index (χ3n) is 13.0. The third kappa shape index (κ3) is 6.43. The van der Waals surface area contributed by atoms with Gasteiger partial charge in [0.25, 0.3) is 0 Å². The summed E-state index contributed by atoms with van der Waals surface area (Å²) in [5, 5.41) is 16.6. The topological polar surface area (TPSA) is 69.4 Å². The number of nitrogens with one attached hydrogen (secondary N) is 2. The first-order valence-electron chi connectivity index (χ1n) is 20.2. The number of quaternary nitrogens is 2. The van der Waals surface area contributed by atoms with E-state index in [0.29, 0.717) is 12.1 Å². The fourth-order valence-corrected chi connectivity index (χ4v) is 10.4. The number of nitrogens with zero attached hydrogens (tertiary/aromatic N) is 3. The molecule has 3 heterocycles. The second-order valence-corrected chi connectivity index (χ2v) is 18.9. The minimum Gasteiger partial charge on any atom is -0.361 e. The molecule has 2 aromatic carbocycles. The molecule has 0 amide bonds. The molecule has 5 unspecified atom stereocenters. The van der Waals surface area contributed by atoms with Gasteiger partial charge in [0.2, 0.25) is 0 Å². The fourth-order valence-electron chi connectivity index (χ4n) is 10.4. The summed E-state index contributed by atoms with van der Waals surface area (Å²) in [4.78, 5) is 2.17. The van der Waals surface area contributed by atoms with Crippen LogP contribution in [0, 0.1) is 10.8 Å². The summed E-state index contributed by atoms with van der Waals surface area (Å²) < 4.78 is 17.0. The van der Waals surface area contributed by atoms with Gasteiger partial charge >= 0.3 is 6.03 Å². The highest BCUT2D eigenvalue weighted by molar-refractivity contribution is 5.79. The van der Waals surface area contributed by atoms with Gasteiger partial charge in [-0.15, -0.1) is 0 Å². The van der Waals surface area contributed by atoms with Crippen molar-refractivity contribution in [1.29, 1.82) is 10.8 Å². The lowest BCUT2D eigenvalue weighted by atomic mass is 9.82. The molecule has 1 saturated heterocycles. The van der Waals surface area contributed by atoms with Crippen LogP contribution in [-0.4, -0.2) is 70.7 Å². The average Bonchev–Trinajstić information content (AvgIpc) is 3.21. The van der Waals surface area contributed by atoms with Crippen LogP contribution in [0.4, 0.5) is 0 Å². The molecule has 0 radical (unpaired) electrons. The van der Waals surface area contributed by atoms with Crippen molar-refractivity contribution in [2.24, 2.45) is 0 Å². The molecule has 5 atom stereocenters. The molecular weight excluding hydrogens is 631 g/mol. The lowest BCUT2D eigenvalue weighted by Crippen LogP contribution is -2.79. The van der Waals surface area contributed by atoms with Crippen molar-refractivity contribution < 1.29 is 18.4 Å². The monoisotopic (exact) mass is 700 g/mol. The van der Waals surface area contributed by atoms with E-state index in [-0.39, 0.29) is 10.8 Å². The Kier molecular flexibility index (Phi) is 10.0. The number of ether oxygens (including phenoxy) is 2. The normalized spacial score (nSPS) is 28.0. The molecule has 6 rings (SSSR count). The van der Waals surface area contributed by atoms with E-state index in [1.165, 1.54) is 59.1 Å². The smallest absolute Gasteiger partial charge is 0.361 e. The first-order valence-corrected chi connectivity index (χ1v) is 20.2. The summed E-state index contributed by atoms with van der Waals surface area (Å²) in [5.41, 5.74) is 8.50. The van der Waals surface area contributed by atoms with Gasteiger partial charge in [0, 0.05) is 49.2 Å². The first-order chi connectivity index (χ1) is 23.9. The Morgan fingerprint density at radius 2 is 1.18 bits per heavy atom. The maximum absolute atomic E-state index is 8.64. The Morgan fingerprint density at radius 3 is 1.57 bits per heavy atom. The molecule has 3 aliphatic heterocycles. The molecular formula is C44H69N5O2+2. The Balaban J connectivity index is 1.45. The van der Waals surface area contributed by atoms with Crippen molar-refractivity contribution in [3.63, 3.8) is 0 Å². The maximum atomic E-state index is 8.64. The molecule has 2 aromatic rings. The molecule has 7 nitrogen and oxygen atoms in total. The van der Waals surface area contributed by atoms with Crippen LogP contribution < -0.4 is 9.47 Å². The summed E-state index contributed by atoms with van der Waals surface area (Å²) >= 11 is 0. The fraction of sp³-hybridized carbons (Fsp3) is 0.682. The van der Waals surface area contributed by atoms with Crippen LogP contribution in [0.3, 0.4) is 0 Å². The van der Waals surface area contributed by atoms with E-state index >= 15 is 0 Å². The van der Waals surface area contributed by atoms with E-state index in [1.807, 2.05) is 6.92 Å². The number of fused-ring (bicyclic) bond motifs is 5. The summed E-state index contributed by atoms with van der Waals surface area (Å²) in [5.74, 6) is 2.84. The highest BCUT2D eigenvalue weighted by Gasteiger charge is 2.84. The second kappa shape index (κ2) is 13.5. The number of aryl methyl sites for hydroxylation is 2. The minimum atomic E-state index is -0.876. The van der Waals surface area contributed by atoms with Crippen molar-refractivity contribution >= 4 is 11.5 Å². The third-order valence-corrected chi connectivity index (χ3v) is 13.0. The van der Waals surface area contributed by atoms with Crippen LogP contribution >= 0.6 is 0 Å². The van der Waals surface area contributed by atoms with Crippen LogP contribution in [0.25, 0.3) is 0 Å². The molecule has 0 bridgehead atoms. The lowest BCUT2D eigenvalue weighted by Gasteiger charge is -2.53. The average molecular weight is 700 g/mol. The number of hydrogen-bond donors (Lipinski definition) is 2. The zero-order chi connectivity index (χ0) is 37.1. The highest BCUT2D eigenvalue weighted by Crippen LogP contribution is 2.61. The van der Waals surface area contributed by atoms with E-state index in [4.69, 9.17) is 20.3 Å². The summed E-state index contributed by atoms with van der Waals surface area (Å²) in [6.45, 7) is 23.7. The molecule has 2 N–H and O–H groups in total. The predicted octanol–water partition coefficient (Wildman–Crippen LogP) is 9.60. The van der Waals surface area contributed by atoms with Crippen molar-refractivity contribution in [2.45, 2.75) is 169 Å². The Bertz CT molecular complexity index is 1660. The van der Waals surface area contributed by atoms with Gasteiger partial charge in [0.15, 0.2) is 12.1 Å². The van der Waals surface area contributed by atoms with E-state index < -0.39 is 6.03 Å². The second-order valence-electron chi connectivity index (χ2n) is 18.9. The molecule has 0 aromatic heterocycles. The molecule has 1 spiro atoms. The zero-order valence-corrected chi connectivity index (χ0v) is 34.0. The molecule has 2 fully saturated rings. The first kappa shape index (κ1) is 37.8. The van der Waals surface area contributed by atoms with Crippen LogP contribution in [0.1, 0.15) is 147 Å². The van der Waals surface area contributed by atoms with Crippen LogP contribution in [-0.2, 0) is 36.8 Å². The summed E-state index contributed by atoms with van der Waals surface area (Å²) in [7, 11) is 4.91. The zero-order valence-electron chi connectivity index (χ0n) is 34.0. The molecule has 51 heavy (non-hydrogen) atoms. The summed E-state index contributed by atoms with van der Waals surface area (Å²) in [6.07, 6.45) is 10.5. The Morgan fingerprint density at radius 1 is 0.745 bits per heavy atom. The quantitative estimate of drug-likeness (QED) is 0.147. The summed E-state index contributed by atoms with van der Waals surface area (Å²) in [6, 6.07) is 9.73. The van der Waals surface area contributed by atoms with E-state index in [1.54, 1.807) is 0 Å². The van der Waals surface area contributed by atoms with Gasteiger partial charge in [-0.2, -0.15) is 8.97 Å². The van der Waals surface area contributed by atoms with Crippen LogP contribution in [0.2, 0.25) is 0 Å². The minimum absolute atomic E-state index is 0.0939. The van der Waals surface area contributed by atoms with Gasteiger partial charge in [0.05, 0.1) is 31.1 Å². The van der Waals surface area contributed by atoms with Gasteiger partial charge in [0.1, 0.15) is 24.6 Å². The molecule has 7 heteroatoms. The standard InChI is InChI=1S/C44H69N5O2/c1-12-47(13-2)39(46)23-17-20-32-25-34-29-49(11)38-22-15-14-21-37(38)48(10)28-33-24-31(19-16-18-30(3)45)26-35(42(4,5)6)40(33)50-44(48,49)51-41(34)36(27-32)43(7,8)9/h24-27,37-38,45-46H,12-23,28-29H2,1-11H3/q+2. The Labute approximate surface area is 309 Å². The molecule has 4 aliphatic rings. The molecule has 1 aliphatic carbocycles. The molecule has 1 saturated carbocycles. The van der Waals surface area contributed by atoms with E-state index in [9.17, 15) is 0 Å². The number of amidine groups is 1. The van der Waals surface area contributed by atoms with Crippen molar-refractivity contribution in [3.8, 4) is 11.5 Å². The Hall–Kier alpha value is -2.90. The largest absolute Gasteiger partial charge is 0.563 e.